The van der Waals surface area contributed by atoms with Gasteiger partial charge in [-0.25, -0.2) is 0 Å². The van der Waals surface area contributed by atoms with Gasteiger partial charge in [0.1, 0.15) is 0 Å². The third-order valence-corrected chi connectivity index (χ3v) is 1.97. The van der Waals surface area contributed by atoms with E-state index in [0.717, 1.165) is 26.7 Å². The van der Waals surface area contributed by atoms with Crippen LogP contribution in [-0.2, 0) is 19.5 Å². The van der Waals surface area contributed by atoms with E-state index in [0.29, 0.717) is 0 Å². The van der Waals surface area contributed by atoms with Crippen molar-refractivity contribution in [1.82, 2.24) is 0 Å². The molecule has 53 valence electrons. The Hall–Kier alpha value is -0.344. The number of hydrogen-bond donors (Lipinski definition) is 0. The molecular weight excluding hydrogens is 159 g/mol. The van der Waals surface area contributed by atoms with Gasteiger partial charge in [0, 0.05) is 0 Å². The van der Waals surface area contributed by atoms with Crippen molar-refractivity contribution in [1.29, 1.82) is 0 Å². The molecule has 0 heterocycles. The van der Waals surface area contributed by atoms with Crippen LogP contribution in [0.15, 0.2) is 23.8 Å². The fraction of sp³-hybridized carbons (Fsp3) is 0.286. The summed E-state index contributed by atoms with van der Waals surface area (Å²) in [5.74, 6) is 1.86. The van der Waals surface area contributed by atoms with Crippen LogP contribution in [0.1, 0.15) is 9.27 Å². The van der Waals surface area contributed by atoms with Crippen molar-refractivity contribution in [3.8, 4) is 0 Å². The van der Waals surface area contributed by atoms with E-state index < -0.39 is 0 Å². The van der Waals surface area contributed by atoms with E-state index >= 15 is 0 Å². The first-order valence-corrected chi connectivity index (χ1v) is 4.23. The summed E-state index contributed by atoms with van der Waals surface area (Å²) < 4.78 is 0.247. The van der Waals surface area contributed by atoms with Gasteiger partial charge < -0.3 is 2.85 Å². The Morgan fingerprint density at radius 1 is 1.89 bits per heavy atom. The molecule has 0 amide bonds. The predicted molar refractivity (Wildman–Crippen MR) is 34.9 cm³/mol. The minimum absolute atomic E-state index is 0. The molecule has 0 saturated heterocycles. The van der Waals surface area contributed by atoms with E-state index in [9.17, 15) is 4.79 Å². The normalized spacial score (nSPS) is 15.9. The van der Waals surface area contributed by atoms with E-state index in [4.69, 9.17) is 0 Å². The van der Waals surface area contributed by atoms with Crippen molar-refractivity contribution in [2.75, 3.05) is 0 Å². The molecule has 0 spiro atoms. The van der Waals surface area contributed by atoms with Crippen LogP contribution < -0.4 is 0 Å². The minimum Gasteiger partial charge on any atom is -1.00 e. The average molecular weight is 169 g/mol. The zero-order chi connectivity index (χ0) is 6.69. The zero-order valence-electron chi connectivity index (χ0n) is 7.18. The van der Waals surface area contributed by atoms with Crippen LogP contribution in [0.4, 0.5) is 0 Å². The molecule has 0 radical (unpaired) electrons. The summed E-state index contributed by atoms with van der Waals surface area (Å²) in [5, 5.41) is 0. The first-order valence-electron chi connectivity index (χ1n) is 2.67. The molecule has 0 bridgehead atoms. The first-order chi connectivity index (χ1) is 4.34. The minimum atomic E-state index is 0. The van der Waals surface area contributed by atoms with Gasteiger partial charge >= 0.3 is 60.3 Å². The Morgan fingerprint density at radius 2 is 2.67 bits per heavy atom. The van der Waals surface area contributed by atoms with E-state index in [2.05, 4.69) is 0 Å². The second-order valence-electron chi connectivity index (χ2n) is 1.74. The van der Waals surface area contributed by atoms with Crippen LogP contribution >= 0.6 is 0 Å². The summed E-state index contributed by atoms with van der Waals surface area (Å²) in [6.45, 7) is 0. The average Bonchev–Trinajstić information content (AvgIpc) is 2.37. The van der Waals surface area contributed by atoms with Gasteiger partial charge in [0.2, 0.25) is 0 Å². The summed E-state index contributed by atoms with van der Waals surface area (Å²) in [4.78, 5) is 10.9. The maximum Gasteiger partial charge on any atom is -1.00 e. The zero-order valence-corrected chi connectivity index (χ0v) is 6.22. The molecule has 0 aromatic rings. The van der Waals surface area contributed by atoms with Crippen LogP contribution in [0.2, 0.25) is 5.86 Å². The summed E-state index contributed by atoms with van der Waals surface area (Å²) in [7, 11) is 0. The third-order valence-electron chi connectivity index (χ3n) is 1.16. The number of hydrogen-bond acceptors (Lipinski definition) is 1. The molecule has 0 N–H and O–H groups in total. The molecule has 1 rings (SSSR count). The van der Waals surface area contributed by atoms with Gasteiger partial charge in [0.25, 0.3) is 0 Å². The van der Waals surface area contributed by atoms with Gasteiger partial charge in [-0.05, 0) is 0 Å². The Morgan fingerprint density at radius 3 is 3.11 bits per heavy atom. The molecule has 1 aliphatic carbocycles. The van der Waals surface area contributed by atoms with Crippen molar-refractivity contribution in [2.24, 2.45) is 0 Å². The summed E-state index contributed by atoms with van der Waals surface area (Å²) in [6, 6.07) is 0. The van der Waals surface area contributed by atoms with Gasteiger partial charge in [0.05, 0.1) is 0 Å². The summed E-state index contributed by atoms with van der Waals surface area (Å²) >= 11 is 0.873. The molecule has 0 aromatic heterocycles. The van der Waals surface area contributed by atoms with Gasteiger partial charge in [-0.2, -0.15) is 0 Å². The molecule has 0 fully saturated rings. The van der Waals surface area contributed by atoms with Crippen LogP contribution in [0.25, 0.3) is 0 Å². The number of carbonyl (C=O) groups excluding carboxylic acids is 1. The Balaban J connectivity index is 0. The van der Waals surface area contributed by atoms with E-state index in [-0.39, 0.29) is 7.57 Å². The summed E-state index contributed by atoms with van der Waals surface area (Å²) in [6.07, 6.45) is 6.65. The molecular formula is C7H10CoO. The van der Waals surface area contributed by atoms with Gasteiger partial charge in [0.15, 0.2) is 0 Å². The van der Waals surface area contributed by atoms with Gasteiger partial charge in [-0.3, -0.25) is 0 Å². The van der Waals surface area contributed by atoms with E-state index in [1.807, 2.05) is 24.1 Å². The smallest absolute Gasteiger partial charge is 1.00 e. The fourth-order valence-electron chi connectivity index (χ4n) is 0.692. The standard InChI is InChI=1S/C6H5O.CH3.Co.2H/c7-5-6-3-1-2-4-6;;;;/h1-3H,4H2;1H3;;;/q;;+2;2*-1. The Labute approximate surface area is 63.8 Å². The van der Waals surface area contributed by atoms with Crippen LogP contribution in [-0.4, -0.2) is 4.72 Å². The fourth-order valence-corrected chi connectivity index (χ4v) is 1.22. The van der Waals surface area contributed by atoms with Gasteiger partial charge in [-0.1, -0.05) is 0 Å². The first kappa shape index (κ1) is 6.77. The maximum absolute atomic E-state index is 10.9. The van der Waals surface area contributed by atoms with Crippen LogP contribution in [0.3, 0.4) is 0 Å². The van der Waals surface area contributed by atoms with Crippen molar-refractivity contribution >= 4 is 4.72 Å². The molecule has 0 atom stereocenters. The molecule has 0 aromatic carbocycles. The molecule has 0 saturated carbocycles. The SMILES string of the molecule is [CH3][Co+2][C](=O)C1=CC=CC1.[H-].[H-]. The summed E-state index contributed by atoms with van der Waals surface area (Å²) in [5.41, 5.74) is 0.942. The van der Waals surface area contributed by atoms with E-state index in [1.165, 1.54) is 0 Å². The Bertz CT molecular complexity index is 187. The molecule has 9 heavy (non-hydrogen) atoms. The topological polar surface area (TPSA) is 17.1 Å². The quantitative estimate of drug-likeness (QED) is 0.615. The molecule has 1 nitrogen and oxygen atoms in total. The molecule has 0 aliphatic heterocycles. The monoisotopic (exact) mass is 169 g/mol. The second-order valence-corrected chi connectivity index (χ2v) is 2.74. The van der Waals surface area contributed by atoms with Crippen molar-refractivity contribution in [3.63, 3.8) is 0 Å². The van der Waals surface area contributed by atoms with Crippen LogP contribution in [0.5, 0.6) is 0 Å². The Kier molecular flexibility index (Phi) is 2.25. The number of rotatable bonds is 2. The number of carbonyl (C=O) groups is 1. The molecule has 1 aliphatic rings. The van der Waals surface area contributed by atoms with Crippen molar-refractivity contribution < 1.29 is 22.3 Å². The maximum atomic E-state index is 10.9. The number of allylic oxidation sites excluding steroid dienone is 4. The molecule has 0 unspecified atom stereocenters. The van der Waals surface area contributed by atoms with Crippen LogP contribution in [0, 0.1) is 0 Å². The van der Waals surface area contributed by atoms with Gasteiger partial charge in [-0.15, -0.1) is 0 Å². The molecule has 2 heteroatoms. The second kappa shape index (κ2) is 2.99. The van der Waals surface area contributed by atoms with E-state index in [1.54, 1.807) is 0 Å². The predicted octanol–water partition coefficient (Wildman–Crippen LogP) is 1.75. The van der Waals surface area contributed by atoms with Crippen molar-refractivity contribution in [2.45, 2.75) is 12.3 Å². The van der Waals surface area contributed by atoms with Crippen molar-refractivity contribution in [3.05, 3.63) is 23.8 Å². The largest absolute Gasteiger partial charge is 1.00 e. The third kappa shape index (κ3) is 1.53.